The quantitative estimate of drug-likeness (QED) is 0.782. The zero-order valence-corrected chi connectivity index (χ0v) is 13.9. The Bertz CT molecular complexity index is 820. The van der Waals surface area contributed by atoms with E-state index >= 15 is 0 Å². The van der Waals surface area contributed by atoms with Crippen molar-refractivity contribution >= 4 is 27.4 Å². The second kappa shape index (κ2) is 5.91. The third kappa shape index (κ3) is 2.71. The number of aryl methyl sites for hydroxylation is 1. The second-order valence-corrected chi connectivity index (χ2v) is 6.97. The molecule has 0 bridgehead atoms. The maximum Gasteiger partial charge on any atom is 0.141 e. The van der Waals surface area contributed by atoms with Crippen LogP contribution in [0.4, 0.5) is 5.82 Å². The summed E-state index contributed by atoms with van der Waals surface area (Å²) >= 11 is 1.66. The molecule has 1 fully saturated rings. The first-order valence-electron chi connectivity index (χ1n) is 7.94. The number of rotatable bonds is 2. The highest BCUT2D eigenvalue weighted by atomic mass is 32.1. The molecule has 0 aliphatic carbocycles. The molecule has 1 aliphatic rings. The molecule has 0 unspecified atom stereocenters. The normalized spacial score (nSPS) is 16.2. The van der Waals surface area contributed by atoms with Gasteiger partial charge in [-0.2, -0.15) is 0 Å². The predicted octanol–water partition coefficient (Wildman–Crippen LogP) is 3.63. The van der Waals surface area contributed by atoms with E-state index in [0.717, 1.165) is 42.0 Å². The van der Waals surface area contributed by atoms with Crippen LogP contribution in [0.5, 0.6) is 0 Å². The molecule has 4 rings (SSSR count). The van der Waals surface area contributed by atoms with E-state index in [9.17, 15) is 5.11 Å². The van der Waals surface area contributed by atoms with Crippen LogP contribution in [0, 0.1) is 6.92 Å². The topological polar surface area (TPSA) is 49.2 Å². The molecule has 1 aliphatic heterocycles. The highest BCUT2D eigenvalue weighted by molar-refractivity contribution is 7.17. The zero-order valence-electron chi connectivity index (χ0n) is 13.1. The van der Waals surface area contributed by atoms with Gasteiger partial charge in [-0.15, -0.1) is 11.3 Å². The van der Waals surface area contributed by atoms with Crippen LogP contribution in [0.25, 0.3) is 21.3 Å². The first-order chi connectivity index (χ1) is 11.2. The van der Waals surface area contributed by atoms with Crippen molar-refractivity contribution in [2.24, 2.45) is 0 Å². The van der Waals surface area contributed by atoms with Gasteiger partial charge in [-0.05, 0) is 25.3 Å². The number of aromatic nitrogens is 2. The van der Waals surface area contributed by atoms with Gasteiger partial charge in [0, 0.05) is 24.0 Å². The number of anilines is 1. The van der Waals surface area contributed by atoms with Gasteiger partial charge in [-0.25, -0.2) is 9.97 Å². The van der Waals surface area contributed by atoms with E-state index in [1.54, 1.807) is 17.7 Å². The molecule has 0 radical (unpaired) electrons. The van der Waals surface area contributed by atoms with E-state index in [-0.39, 0.29) is 6.10 Å². The minimum atomic E-state index is -0.178. The van der Waals surface area contributed by atoms with Crippen molar-refractivity contribution in [3.63, 3.8) is 0 Å². The molecule has 1 N–H and O–H groups in total. The van der Waals surface area contributed by atoms with Crippen molar-refractivity contribution in [1.29, 1.82) is 0 Å². The van der Waals surface area contributed by atoms with Crippen LogP contribution in [0.1, 0.15) is 18.4 Å². The van der Waals surface area contributed by atoms with E-state index in [1.807, 2.05) is 0 Å². The predicted molar refractivity (Wildman–Crippen MR) is 95.0 cm³/mol. The minimum absolute atomic E-state index is 0.178. The number of hydrogen-bond donors (Lipinski definition) is 1. The highest BCUT2D eigenvalue weighted by Crippen LogP contribution is 2.38. The van der Waals surface area contributed by atoms with Gasteiger partial charge in [0.15, 0.2) is 0 Å². The molecule has 2 aromatic heterocycles. The maximum absolute atomic E-state index is 9.75. The highest BCUT2D eigenvalue weighted by Gasteiger charge is 2.22. The van der Waals surface area contributed by atoms with Crippen molar-refractivity contribution in [3.8, 4) is 11.1 Å². The van der Waals surface area contributed by atoms with E-state index in [4.69, 9.17) is 0 Å². The maximum atomic E-state index is 9.75. The Labute approximate surface area is 139 Å². The first-order valence-corrected chi connectivity index (χ1v) is 8.82. The number of fused-ring (bicyclic) bond motifs is 1. The number of hydrogen-bond acceptors (Lipinski definition) is 5. The van der Waals surface area contributed by atoms with Crippen LogP contribution >= 0.6 is 11.3 Å². The summed E-state index contributed by atoms with van der Waals surface area (Å²) in [6, 6.07) is 8.60. The monoisotopic (exact) mass is 325 g/mol. The molecule has 0 spiro atoms. The van der Waals surface area contributed by atoms with Crippen LogP contribution < -0.4 is 4.90 Å². The van der Waals surface area contributed by atoms with Crippen molar-refractivity contribution in [2.45, 2.75) is 25.9 Å². The Kier molecular flexibility index (Phi) is 3.75. The van der Waals surface area contributed by atoms with Crippen molar-refractivity contribution in [2.75, 3.05) is 18.0 Å². The molecular formula is C18H19N3OS. The lowest BCUT2D eigenvalue weighted by Gasteiger charge is -2.31. The van der Waals surface area contributed by atoms with E-state index in [2.05, 4.69) is 51.4 Å². The van der Waals surface area contributed by atoms with Gasteiger partial charge < -0.3 is 10.0 Å². The van der Waals surface area contributed by atoms with Gasteiger partial charge >= 0.3 is 0 Å². The summed E-state index contributed by atoms with van der Waals surface area (Å²) in [5.41, 5.74) is 3.66. The van der Waals surface area contributed by atoms with Gasteiger partial charge in [-0.3, -0.25) is 0 Å². The Morgan fingerprint density at radius 1 is 1.13 bits per heavy atom. The fourth-order valence-electron chi connectivity index (χ4n) is 3.12. The summed E-state index contributed by atoms with van der Waals surface area (Å²) in [5, 5.41) is 13.1. The molecule has 23 heavy (non-hydrogen) atoms. The average molecular weight is 325 g/mol. The number of nitrogens with zero attached hydrogens (tertiary/aromatic N) is 3. The summed E-state index contributed by atoms with van der Waals surface area (Å²) in [6.07, 6.45) is 3.07. The standard InChI is InChI=1S/C18H19N3OS/c1-12-2-4-13(5-3-12)15-10-23-18-16(15)17(19-11-20-18)21-8-6-14(22)7-9-21/h2-5,10-11,14,22H,6-9H2,1H3. The van der Waals surface area contributed by atoms with Gasteiger partial charge in [0.1, 0.15) is 17.0 Å². The summed E-state index contributed by atoms with van der Waals surface area (Å²) < 4.78 is 0. The molecule has 0 atom stereocenters. The van der Waals surface area contributed by atoms with Crippen LogP contribution in [0.2, 0.25) is 0 Å². The van der Waals surface area contributed by atoms with Crippen LogP contribution in [0.15, 0.2) is 36.0 Å². The van der Waals surface area contributed by atoms with Crippen molar-refractivity contribution < 1.29 is 5.11 Å². The molecule has 0 saturated carbocycles. The van der Waals surface area contributed by atoms with Gasteiger partial charge in [0.25, 0.3) is 0 Å². The molecule has 0 amide bonds. The number of piperidine rings is 1. The average Bonchev–Trinajstić information content (AvgIpc) is 3.00. The summed E-state index contributed by atoms with van der Waals surface area (Å²) in [7, 11) is 0. The first kappa shape index (κ1) is 14.6. The zero-order chi connectivity index (χ0) is 15.8. The molecule has 5 heteroatoms. The van der Waals surface area contributed by atoms with Gasteiger partial charge in [0.05, 0.1) is 11.5 Å². The van der Waals surface area contributed by atoms with Gasteiger partial charge in [-0.1, -0.05) is 29.8 Å². The fourth-order valence-corrected chi connectivity index (χ4v) is 4.03. The van der Waals surface area contributed by atoms with Crippen molar-refractivity contribution in [3.05, 3.63) is 41.5 Å². The Balaban J connectivity index is 1.82. The Morgan fingerprint density at radius 3 is 2.61 bits per heavy atom. The summed E-state index contributed by atoms with van der Waals surface area (Å²) in [5.74, 6) is 0.999. The lowest BCUT2D eigenvalue weighted by molar-refractivity contribution is 0.145. The molecule has 1 saturated heterocycles. The van der Waals surface area contributed by atoms with Crippen molar-refractivity contribution in [1.82, 2.24) is 9.97 Å². The summed E-state index contributed by atoms with van der Waals surface area (Å²) in [4.78, 5) is 12.3. The second-order valence-electron chi connectivity index (χ2n) is 6.11. The molecule has 4 nitrogen and oxygen atoms in total. The lowest BCUT2D eigenvalue weighted by Crippen LogP contribution is -2.36. The van der Waals surface area contributed by atoms with Crippen LogP contribution in [-0.4, -0.2) is 34.3 Å². The molecular weight excluding hydrogens is 306 g/mol. The number of thiophene rings is 1. The fraction of sp³-hybridized carbons (Fsp3) is 0.333. The van der Waals surface area contributed by atoms with Crippen LogP contribution in [0.3, 0.4) is 0 Å². The van der Waals surface area contributed by atoms with E-state index < -0.39 is 0 Å². The molecule has 118 valence electrons. The lowest BCUT2D eigenvalue weighted by atomic mass is 10.0. The molecule has 3 aromatic rings. The third-order valence-electron chi connectivity index (χ3n) is 4.48. The third-order valence-corrected chi connectivity index (χ3v) is 5.36. The molecule has 3 heterocycles. The Morgan fingerprint density at radius 2 is 1.87 bits per heavy atom. The van der Waals surface area contributed by atoms with E-state index in [0.29, 0.717) is 0 Å². The molecule has 1 aromatic carbocycles. The smallest absolute Gasteiger partial charge is 0.141 e. The van der Waals surface area contributed by atoms with Crippen LogP contribution in [-0.2, 0) is 0 Å². The minimum Gasteiger partial charge on any atom is -0.393 e. The largest absolute Gasteiger partial charge is 0.393 e. The SMILES string of the molecule is Cc1ccc(-c2csc3ncnc(N4CCC(O)CC4)c23)cc1. The number of aliphatic hydroxyl groups excluding tert-OH is 1. The Hall–Kier alpha value is -1.98. The van der Waals surface area contributed by atoms with E-state index in [1.165, 1.54) is 16.7 Å². The number of benzene rings is 1. The summed E-state index contributed by atoms with van der Waals surface area (Å²) in [6.45, 7) is 3.79. The van der Waals surface area contributed by atoms with Gasteiger partial charge in [0.2, 0.25) is 0 Å². The number of aliphatic hydroxyl groups is 1.